The zero-order valence-electron chi connectivity index (χ0n) is 14.7. The van der Waals surface area contributed by atoms with Crippen LogP contribution >= 0.6 is 0 Å². The number of benzene rings is 1. The Hall–Kier alpha value is -2.89. The van der Waals surface area contributed by atoms with Gasteiger partial charge in [0, 0.05) is 44.5 Å². The lowest BCUT2D eigenvalue weighted by atomic mass is 10.0. The maximum Gasteiger partial charge on any atom is 0.255 e. The van der Waals surface area contributed by atoms with Gasteiger partial charge in [-0.25, -0.2) is 0 Å². The largest absolute Gasteiger partial charge is 0.497 e. The molecular weight excluding hydrogens is 330 g/mol. The van der Waals surface area contributed by atoms with Crippen molar-refractivity contribution in [3.8, 4) is 5.75 Å². The first-order valence-corrected chi connectivity index (χ1v) is 8.76. The molecule has 6 nitrogen and oxygen atoms in total. The summed E-state index contributed by atoms with van der Waals surface area (Å²) >= 11 is 0. The lowest BCUT2D eigenvalue weighted by molar-refractivity contribution is -0.131. The number of methoxy groups -OCH3 is 1. The van der Waals surface area contributed by atoms with E-state index in [0.717, 1.165) is 11.3 Å². The van der Waals surface area contributed by atoms with Gasteiger partial charge in [-0.3, -0.25) is 14.6 Å². The molecule has 2 atom stereocenters. The maximum absolute atomic E-state index is 12.8. The molecule has 0 radical (unpaired) electrons. The number of amides is 2. The summed E-state index contributed by atoms with van der Waals surface area (Å²) in [6, 6.07) is 11.3. The fraction of sp³-hybridized carbons (Fsp3) is 0.350. The molecule has 0 N–H and O–H groups in total. The topological polar surface area (TPSA) is 62.7 Å². The molecule has 2 aliphatic rings. The standard InChI is InChI=1S/C20H21N3O3/c1-26-17-6-4-14(5-7-17)10-22-11-16-12-23(13-18(16)20(22)25)19(24)15-3-2-8-21-9-15/h2-9,16,18H,10-13H2,1H3/t16-,18+/m1/s1. The normalized spacial score (nSPS) is 21.8. The van der Waals surface area contributed by atoms with Crippen LogP contribution in [0.3, 0.4) is 0 Å². The molecule has 2 saturated heterocycles. The summed E-state index contributed by atoms with van der Waals surface area (Å²) in [6.07, 6.45) is 3.23. The van der Waals surface area contributed by atoms with Crippen molar-refractivity contribution in [3.63, 3.8) is 0 Å². The highest BCUT2D eigenvalue weighted by Crippen LogP contribution is 2.33. The summed E-state index contributed by atoms with van der Waals surface area (Å²) in [7, 11) is 1.64. The molecule has 2 aromatic rings. The average molecular weight is 351 g/mol. The minimum atomic E-state index is -0.0890. The Balaban J connectivity index is 1.39. The molecule has 0 saturated carbocycles. The minimum Gasteiger partial charge on any atom is -0.497 e. The first-order chi connectivity index (χ1) is 12.7. The smallest absolute Gasteiger partial charge is 0.255 e. The van der Waals surface area contributed by atoms with Crippen molar-refractivity contribution in [1.29, 1.82) is 0 Å². The van der Waals surface area contributed by atoms with Gasteiger partial charge in [-0.2, -0.15) is 0 Å². The number of hydrogen-bond acceptors (Lipinski definition) is 4. The third kappa shape index (κ3) is 3.03. The molecule has 2 amide bonds. The second kappa shape index (κ2) is 6.78. The van der Waals surface area contributed by atoms with Crippen LogP contribution in [0.15, 0.2) is 48.8 Å². The van der Waals surface area contributed by atoms with Crippen molar-refractivity contribution < 1.29 is 14.3 Å². The predicted molar refractivity (Wildman–Crippen MR) is 95.5 cm³/mol. The van der Waals surface area contributed by atoms with Crippen LogP contribution in [0.2, 0.25) is 0 Å². The van der Waals surface area contributed by atoms with Gasteiger partial charge >= 0.3 is 0 Å². The second-order valence-corrected chi connectivity index (χ2v) is 6.89. The average Bonchev–Trinajstić information content (AvgIpc) is 3.22. The van der Waals surface area contributed by atoms with E-state index >= 15 is 0 Å². The molecule has 134 valence electrons. The number of likely N-dealkylation sites (tertiary alicyclic amines) is 2. The molecule has 0 bridgehead atoms. The van der Waals surface area contributed by atoms with Crippen molar-refractivity contribution in [2.24, 2.45) is 11.8 Å². The Morgan fingerprint density at radius 3 is 2.65 bits per heavy atom. The summed E-state index contributed by atoms with van der Waals surface area (Å²) < 4.78 is 5.17. The van der Waals surface area contributed by atoms with Crippen LogP contribution < -0.4 is 4.74 Å². The number of aromatic nitrogens is 1. The SMILES string of the molecule is COc1ccc(CN2C[C@@H]3CN(C(=O)c4cccnc4)C[C@@H]3C2=O)cc1. The van der Waals surface area contributed by atoms with Gasteiger partial charge in [-0.15, -0.1) is 0 Å². The van der Waals surface area contributed by atoms with Crippen molar-refractivity contribution >= 4 is 11.8 Å². The Morgan fingerprint density at radius 2 is 2.00 bits per heavy atom. The molecule has 4 rings (SSSR count). The molecule has 3 heterocycles. The van der Waals surface area contributed by atoms with Crippen molar-refractivity contribution in [2.45, 2.75) is 6.54 Å². The number of fused-ring (bicyclic) bond motifs is 1. The highest BCUT2D eigenvalue weighted by atomic mass is 16.5. The Labute approximate surface area is 152 Å². The molecule has 0 unspecified atom stereocenters. The lowest BCUT2D eigenvalue weighted by Crippen LogP contribution is -2.35. The number of ether oxygens (including phenoxy) is 1. The summed E-state index contributed by atoms with van der Waals surface area (Å²) in [4.78, 5) is 33.0. The summed E-state index contributed by atoms with van der Waals surface area (Å²) in [5.74, 6) is 1.03. The first-order valence-electron chi connectivity index (χ1n) is 8.76. The van der Waals surface area contributed by atoms with Gasteiger partial charge in [0.25, 0.3) is 5.91 Å². The second-order valence-electron chi connectivity index (χ2n) is 6.89. The van der Waals surface area contributed by atoms with Crippen LogP contribution in [0.5, 0.6) is 5.75 Å². The van der Waals surface area contributed by atoms with Crippen LogP contribution in [0.25, 0.3) is 0 Å². The number of carbonyl (C=O) groups is 2. The Kier molecular flexibility index (Phi) is 4.32. The van der Waals surface area contributed by atoms with Crippen molar-refractivity contribution in [1.82, 2.24) is 14.8 Å². The first kappa shape index (κ1) is 16.6. The van der Waals surface area contributed by atoms with Gasteiger partial charge < -0.3 is 14.5 Å². The number of nitrogens with zero attached hydrogens (tertiary/aromatic N) is 3. The van der Waals surface area contributed by atoms with E-state index in [1.54, 1.807) is 36.5 Å². The fourth-order valence-corrected chi connectivity index (χ4v) is 3.88. The highest BCUT2D eigenvalue weighted by Gasteiger charge is 2.47. The lowest BCUT2D eigenvalue weighted by Gasteiger charge is -2.22. The van der Waals surface area contributed by atoms with Crippen LogP contribution in [-0.2, 0) is 11.3 Å². The molecule has 26 heavy (non-hydrogen) atoms. The Morgan fingerprint density at radius 1 is 1.19 bits per heavy atom. The number of pyridine rings is 1. The molecular formula is C20H21N3O3. The van der Waals surface area contributed by atoms with Crippen LogP contribution in [-0.4, -0.2) is 53.3 Å². The molecule has 2 aliphatic heterocycles. The molecule has 0 aliphatic carbocycles. The van der Waals surface area contributed by atoms with Crippen molar-refractivity contribution in [2.75, 3.05) is 26.7 Å². The van der Waals surface area contributed by atoms with E-state index in [1.807, 2.05) is 29.2 Å². The van der Waals surface area contributed by atoms with Gasteiger partial charge in [0.1, 0.15) is 5.75 Å². The van der Waals surface area contributed by atoms with Gasteiger partial charge in [-0.1, -0.05) is 12.1 Å². The molecule has 6 heteroatoms. The van der Waals surface area contributed by atoms with Gasteiger partial charge in [0.2, 0.25) is 5.91 Å². The third-order valence-corrected chi connectivity index (χ3v) is 5.25. The summed E-state index contributed by atoms with van der Waals surface area (Å²) in [5, 5.41) is 0. The van der Waals surface area contributed by atoms with Gasteiger partial charge in [0.15, 0.2) is 0 Å². The summed E-state index contributed by atoms with van der Waals surface area (Å²) in [6.45, 7) is 2.43. The van der Waals surface area contributed by atoms with E-state index in [0.29, 0.717) is 31.7 Å². The van der Waals surface area contributed by atoms with E-state index in [9.17, 15) is 9.59 Å². The van der Waals surface area contributed by atoms with E-state index in [-0.39, 0.29) is 23.7 Å². The zero-order chi connectivity index (χ0) is 18.1. The van der Waals surface area contributed by atoms with E-state index in [4.69, 9.17) is 4.74 Å². The Bertz CT molecular complexity index is 807. The third-order valence-electron chi connectivity index (χ3n) is 5.25. The van der Waals surface area contributed by atoms with Crippen LogP contribution in [0.4, 0.5) is 0 Å². The number of hydrogen-bond donors (Lipinski definition) is 0. The van der Waals surface area contributed by atoms with Crippen molar-refractivity contribution in [3.05, 3.63) is 59.9 Å². The fourth-order valence-electron chi connectivity index (χ4n) is 3.88. The van der Waals surface area contributed by atoms with E-state index in [2.05, 4.69) is 4.98 Å². The maximum atomic E-state index is 12.8. The minimum absolute atomic E-state index is 0.0398. The van der Waals surface area contributed by atoms with Crippen LogP contribution in [0, 0.1) is 11.8 Å². The molecule has 1 aromatic carbocycles. The predicted octanol–water partition coefficient (Wildman–Crippen LogP) is 1.82. The van der Waals surface area contributed by atoms with E-state index < -0.39 is 0 Å². The number of rotatable bonds is 4. The quantitative estimate of drug-likeness (QED) is 0.843. The van der Waals surface area contributed by atoms with Crippen LogP contribution in [0.1, 0.15) is 15.9 Å². The highest BCUT2D eigenvalue weighted by molar-refractivity contribution is 5.95. The molecule has 0 spiro atoms. The summed E-state index contributed by atoms with van der Waals surface area (Å²) in [5.41, 5.74) is 1.66. The monoisotopic (exact) mass is 351 g/mol. The number of carbonyl (C=O) groups excluding carboxylic acids is 2. The molecule has 1 aromatic heterocycles. The molecule has 2 fully saturated rings. The zero-order valence-corrected chi connectivity index (χ0v) is 14.7. The van der Waals surface area contributed by atoms with Gasteiger partial charge in [-0.05, 0) is 29.8 Å². The van der Waals surface area contributed by atoms with Gasteiger partial charge in [0.05, 0.1) is 18.6 Å². The van der Waals surface area contributed by atoms with E-state index in [1.165, 1.54) is 0 Å².